The number of phenols is 2. The molecule has 0 bridgehead atoms. The van der Waals surface area contributed by atoms with Gasteiger partial charge in [-0.2, -0.15) is 5.10 Å². The third-order valence-electron chi connectivity index (χ3n) is 3.18. The SMILES string of the molecule is COc1cc(/C=N/NC(=O)CNS(=O)(=O)c2ccccc2)cc(O)c1O. The molecular formula is C16H17N3O6S. The Kier molecular flexibility index (Phi) is 6.15. The molecule has 0 spiro atoms. The first-order chi connectivity index (χ1) is 12.3. The number of carbonyl (C=O) groups excluding carboxylic acids is 1. The first-order valence-corrected chi connectivity index (χ1v) is 8.78. The molecule has 138 valence electrons. The third kappa shape index (κ3) is 4.94. The van der Waals surface area contributed by atoms with E-state index in [1.54, 1.807) is 18.2 Å². The van der Waals surface area contributed by atoms with Gasteiger partial charge in [-0.1, -0.05) is 18.2 Å². The van der Waals surface area contributed by atoms with E-state index in [2.05, 4.69) is 15.2 Å². The van der Waals surface area contributed by atoms with Gasteiger partial charge in [0.25, 0.3) is 5.91 Å². The maximum absolute atomic E-state index is 12.0. The van der Waals surface area contributed by atoms with Crippen molar-refractivity contribution in [3.8, 4) is 17.2 Å². The highest BCUT2D eigenvalue weighted by molar-refractivity contribution is 7.89. The predicted molar refractivity (Wildman–Crippen MR) is 93.7 cm³/mol. The maximum atomic E-state index is 12.0. The van der Waals surface area contributed by atoms with Gasteiger partial charge in [-0.25, -0.2) is 18.6 Å². The highest BCUT2D eigenvalue weighted by atomic mass is 32.2. The van der Waals surface area contributed by atoms with Crippen molar-refractivity contribution < 1.29 is 28.2 Å². The number of sulfonamides is 1. The molecule has 0 heterocycles. The number of amides is 1. The lowest BCUT2D eigenvalue weighted by Crippen LogP contribution is -2.34. The summed E-state index contributed by atoms with van der Waals surface area (Å²) in [6, 6.07) is 10.2. The zero-order valence-electron chi connectivity index (χ0n) is 13.7. The molecule has 0 unspecified atom stereocenters. The molecule has 0 aromatic heterocycles. The smallest absolute Gasteiger partial charge is 0.255 e. The fourth-order valence-corrected chi connectivity index (χ4v) is 2.91. The van der Waals surface area contributed by atoms with Crippen LogP contribution in [0, 0.1) is 0 Å². The van der Waals surface area contributed by atoms with Gasteiger partial charge in [-0.05, 0) is 24.3 Å². The van der Waals surface area contributed by atoms with Gasteiger partial charge in [0.15, 0.2) is 11.5 Å². The molecule has 4 N–H and O–H groups in total. The first kappa shape index (κ1) is 19.2. The van der Waals surface area contributed by atoms with Crippen molar-refractivity contribution in [3.05, 3.63) is 48.0 Å². The van der Waals surface area contributed by atoms with Crippen molar-refractivity contribution in [2.45, 2.75) is 4.90 Å². The Morgan fingerprint density at radius 1 is 1.23 bits per heavy atom. The van der Waals surface area contributed by atoms with Crippen molar-refractivity contribution in [2.75, 3.05) is 13.7 Å². The van der Waals surface area contributed by atoms with Crippen LogP contribution in [0.15, 0.2) is 52.5 Å². The van der Waals surface area contributed by atoms with Gasteiger partial charge in [-0.15, -0.1) is 0 Å². The van der Waals surface area contributed by atoms with Crippen molar-refractivity contribution in [3.63, 3.8) is 0 Å². The van der Waals surface area contributed by atoms with Gasteiger partial charge in [0.2, 0.25) is 15.8 Å². The maximum Gasteiger partial charge on any atom is 0.255 e. The standard InChI is InChI=1S/C16H17N3O6S/c1-25-14-8-11(7-13(20)16(14)22)9-17-19-15(21)10-18-26(23,24)12-5-3-2-4-6-12/h2-9,18,20,22H,10H2,1H3,(H,19,21)/b17-9+. The van der Waals surface area contributed by atoms with Crippen LogP contribution in [0.5, 0.6) is 17.2 Å². The lowest BCUT2D eigenvalue weighted by atomic mass is 10.2. The summed E-state index contributed by atoms with van der Waals surface area (Å²) in [6.07, 6.45) is 1.20. The van der Waals surface area contributed by atoms with E-state index < -0.39 is 34.0 Å². The Morgan fingerprint density at radius 2 is 1.92 bits per heavy atom. The van der Waals surface area contributed by atoms with E-state index in [1.165, 1.54) is 37.6 Å². The van der Waals surface area contributed by atoms with Gasteiger partial charge in [-0.3, -0.25) is 4.79 Å². The van der Waals surface area contributed by atoms with Gasteiger partial charge >= 0.3 is 0 Å². The molecule has 0 radical (unpaired) electrons. The minimum Gasteiger partial charge on any atom is -0.504 e. The Morgan fingerprint density at radius 3 is 2.58 bits per heavy atom. The number of nitrogens with zero attached hydrogens (tertiary/aromatic N) is 1. The Hall–Kier alpha value is -3.11. The number of aromatic hydroxyl groups is 2. The zero-order chi connectivity index (χ0) is 19.2. The van der Waals surface area contributed by atoms with Crippen LogP contribution in [0.1, 0.15) is 5.56 Å². The largest absolute Gasteiger partial charge is 0.504 e. The molecule has 2 aromatic rings. The van der Waals surface area contributed by atoms with Gasteiger partial charge in [0, 0.05) is 5.56 Å². The number of hydrazone groups is 1. The number of rotatable bonds is 7. The molecule has 10 heteroatoms. The molecule has 1 amide bonds. The molecular weight excluding hydrogens is 362 g/mol. The fourth-order valence-electron chi connectivity index (χ4n) is 1.91. The van der Waals surface area contributed by atoms with Crippen LogP contribution in [0.3, 0.4) is 0 Å². The number of benzene rings is 2. The number of carbonyl (C=O) groups is 1. The third-order valence-corrected chi connectivity index (χ3v) is 4.59. The van der Waals surface area contributed by atoms with Gasteiger partial charge < -0.3 is 14.9 Å². The Labute approximate surface area is 150 Å². The molecule has 0 atom stereocenters. The molecule has 2 rings (SSSR count). The molecule has 0 aliphatic rings. The van der Waals surface area contributed by atoms with Gasteiger partial charge in [0.05, 0.1) is 24.8 Å². The summed E-state index contributed by atoms with van der Waals surface area (Å²) in [7, 11) is -2.48. The minimum absolute atomic E-state index is 0.0356. The molecule has 0 aliphatic heterocycles. The Bertz CT molecular complexity index is 913. The number of phenolic OH excluding ortho intramolecular Hbond substituents is 2. The summed E-state index contributed by atoms with van der Waals surface area (Å²) in [6.45, 7) is -0.501. The van der Waals surface area contributed by atoms with Gasteiger partial charge in [0.1, 0.15) is 0 Å². The van der Waals surface area contributed by atoms with Crippen LogP contribution < -0.4 is 14.9 Å². The summed E-state index contributed by atoms with van der Waals surface area (Å²) in [4.78, 5) is 11.7. The van der Waals surface area contributed by atoms with E-state index in [-0.39, 0.29) is 10.6 Å². The van der Waals surface area contributed by atoms with E-state index in [9.17, 15) is 23.4 Å². The normalized spacial score (nSPS) is 11.4. The molecule has 2 aromatic carbocycles. The Balaban J connectivity index is 1.93. The fraction of sp³-hybridized carbons (Fsp3) is 0.125. The number of hydrogen-bond acceptors (Lipinski definition) is 7. The average Bonchev–Trinajstić information content (AvgIpc) is 2.63. The molecule has 0 saturated heterocycles. The summed E-state index contributed by atoms with van der Waals surface area (Å²) in [5, 5.41) is 22.7. The van der Waals surface area contributed by atoms with Crippen LogP contribution in [0.25, 0.3) is 0 Å². The topological polar surface area (TPSA) is 137 Å². The first-order valence-electron chi connectivity index (χ1n) is 7.30. The monoisotopic (exact) mass is 379 g/mol. The summed E-state index contributed by atoms with van der Waals surface area (Å²) >= 11 is 0. The molecule has 0 aliphatic carbocycles. The van der Waals surface area contributed by atoms with E-state index in [1.807, 2.05) is 0 Å². The molecule has 0 fully saturated rings. The second kappa shape index (κ2) is 8.32. The summed E-state index contributed by atoms with van der Waals surface area (Å²) < 4.78 is 31.0. The van der Waals surface area contributed by atoms with Crippen molar-refractivity contribution >= 4 is 22.1 Å². The lowest BCUT2D eigenvalue weighted by molar-refractivity contribution is -0.119. The van der Waals surface area contributed by atoms with E-state index in [4.69, 9.17) is 4.74 Å². The summed E-state index contributed by atoms with van der Waals surface area (Å²) in [5.41, 5.74) is 2.49. The van der Waals surface area contributed by atoms with Crippen LogP contribution in [0.2, 0.25) is 0 Å². The number of ether oxygens (including phenoxy) is 1. The van der Waals surface area contributed by atoms with Crippen LogP contribution in [-0.2, 0) is 14.8 Å². The minimum atomic E-state index is -3.79. The second-order valence-electron chi connectivity index (χ2n) is 5.02. The number of nitrogens with one attached hydrogen (secondary N) is 2. The molecule has 9 nitrogen and oxygen atoms in total. The predicted octanol–water partition coefficient (Wildman–Crippen LogP) is 0.535. The van der Waals surface area contributed by atoms with E-state index in [0.29, 0.717) is 5.56 Å². The van der Waals surface area contributed by atoms with E-state index >= 15 is 0 Å². The number of methoxy groups -OCH3 is 1. The lowest BCUT2D eigenvalue weighted by Gasteiger charge is -2.06. The molecule has 26 heavy (non-hydrogen) atoms. The highest BCUT2D eigenvalue weighted by Crippen LogP contribution is 2.35. The zero-order valence-corrected chi connectivity index (χ0v) is 14.5. The quantitative estimate of drug-likeness (QED) is 0.315. The van der Waals surface area contributed by atoms with Crippen molar-refractivity contribution in [1.29, 1.82) is 0 Å². The van der Waals surface area contributed by atoms with Crippen LogP contribution >= 0.6 is 0 Å². The van der Waals surface area contributed by atoms with Crippen LogP contribution in [-0.4, -0.2) is 44.4 Å². The van der Waals surface area contributed by atoms with Crippen LogP contribution in [0.4, 0.5) is 0 Å². The summed E-state index contributed by atoms with van der Waals surface area (Å²) in [5.74, 6) is -1.47. The second-order valence-corrected chi connectivity index (χ2v) is 6.79. The highest BCUT2D eigenvalue weighted by Gasteiger charge is 2.14. The molecule has 0 saturated carbocycles. The number of hydrogen-bond donors (Lipinski definition) is 4. The van der Waals surface area contributed by atoms with Crippen molar-refractivity contribution in [1.82, 2.24) is 10.1 Å². The average molecular weight is 379 g/mol. The van der Waals surface area contributed by atoms with Crippen molar-refractivity contribution in [2.24, 2.45) is 5.10 Å². The van der Waals surface area contributed by atoms with E-state index in [0.717, 1.165) is 0 Å².